The lowest BCUT2D eigenvalue weighted by Crippen LogP contribution is -2.45. The van der Waals surface area contributed by atoms with E-state index in [2.05, 4.69) is 15.8 Å². The van der Waals surface area contributed by atoms with Crippen molar-refractivity contribution in [2.45, 2.75) is 0 Å². The second kappa shape index (κ2) is 6.55. The maximum absolute atomic E-state index is 12.1. The average Bonchev–Trinajstić information content (AvgIpc) is 3.02. The fourth-order valence-electron chi connectivity index (χ4n) is 2.18. The first-order valence-corrected chi connectivity index (χ1v) is 7.41. The summed E-state index contributed by atoms with van der Waals surface area (Å²) in [4.78, 5) is 38.6. The lowest BCUT2D eigenvalue weighted by Gasteiger charge is -2.05. The number of hydrogen-bond donors (Lipinski definition) is 3. The van der Waals surface area contributed by atoms with Gasteiger partial charge in [-0.15, -0.1) is 0 Å². The molecule has 0 fully saturated rings. The first-order valence-electron chi connectivity index (χ1n) is 7.03. The number of aromatic nitrogens is 1. The summed E-state index contributed by atoms with van der Waals surface area (Å²) in [6.07, 6.45) is 0. The number of rotatable bonds is 3. The van der Waals surface area contributed by atoms with Gasteiger partial charge in [0.2, 0.25) is 0 Å². The van der Waals surface area contributed by atoms with E-state index in [-0.39, 0.29) is 11.3 Å². The number of aromatic amines is 1. The molecule has 3 rings (SSSR count). The molecule has 1 heterocycles. The summed E-state index contributed by atoms with van der Waals surface area (Å²) in [6, 6.07) is 14.8. The highest BCUT2D eigenvalue weighted by atomic mass is 35.5. The first kappa shape index (κ1) is 15.8. The van der Waals surface area contributed by atoms with Crippen molar-refractivity contribution < 1.29 is 14.4 Å². The molecule has 7 heteroatoms. The van der Waals surface area contributed by atoms with Crippen molar-refractivity contribution in [3.63, 3.8) is 0 Å². The molecule has 0 spiro atoms. The molecule has 2 amide bonds. The summed E-state index contributed by atoms with van der Waals surface area (Å²) in [5.41, 5.74) is 5.51. The third-order valence-corrected chi connectivity index (χ3v) is 3.59. The van der Waals surface area contributed by atoms with Crippen molar-refractivity contribution in [3.8, 4) is 0 Å². The molecule has 0 unspecified atom stereocenters. The van der Waals surface area contributed by atoms with Crippen LogP contribution in [0.15, 0.2) is 54.6 Å². The molecule has 24 heavy (non-hydrogen) atoms. The SMILES string of the molecule is O=C(NNC(=O)c1cc2cc(Cl)ccc2[nH]1)C(=O)c1ccccc1. The van der Waals surface area contributed by atoms with E-state index < -0.39 is 17.6 Å². The molecular weight excluding hydrogens is 330 g/mol. The molecule has 0 atom stereocenters. The predicted molar refractivity (Wildman–Crippen MR) is 89.7 cm³/mol. The summed E-state index contributed by atoms with van der Waals surface area (Å²) in [5.74, 6) is -2.23. The summed E-state index contributed by atoms with van der Waals surface area (Å²) in [6.45, 7) is 0. The second-order valence-electron chi connectivity index (χ2n) is 5.02. The number of hydrazine groups is 1. The monoisotopic (exact) mass is 341 g/mol. The number of benzene rings is 2. The Balaban J connectivity index is 1.66. The van der Waals surface area contributed by atoms with E-state index in [9.17, 15) is 14.4 Å². The van der Waals surface area contributed by atoms with Gasteiger partial charge in [-0.05, 0) is 24.3 Å². The fraction of sp³-hybridized carbons (Fsp3) is 0. The van der Waals surface area contributed by atoms with Gasteiger partial charge in [0, 0.05) is 21.5 Å². The molecule has 0 aliphatic rings. The molecule has 3 aromatic rings. The third kappa shape index (κ3) is 3.28. The zero-order valence-electron chi connectivity index (χ0n) is 12.3. The lowest BCUT2D eigenvalue weighted by molar-refractivity contribution is -0.117. The Morgan fingerprint density at radius 1 is 0.917 bits per heavy atom. The van der Waals surface area contributed by atoms with E-state index in [0.29, 0.717) is 5.02 Å². The lowest BCUT2D eigenvalue weighted by atomic mass is 10.1. The Bertz CT molecular complexity index is 935. The Kier molecular flexibility index (Phi) is 4.31. The topological polar surface area (TPSA) is 91.1 Å². The first-order chi connectivity index (χ1) is 11.5. The molecule has 6 nitrogen and oxygen atoms in total. The molecule has 120 valence electrons. The van der Waals surface area contributed by atoms with Crippen LogP contribution < -0.4 is 10.9 Å². The van der Waals surface area contributed by atoms with Crippen LogP contribution in [-0.2, 0) is 4.79 Å². The summed E-state index contributed by atoms with van der Waals surface area (Å²) in [7, 11) is 0. The van der Waals surface area contributed by atoms with Gasteiger partial charge in [-0.25, -0.2) is 0 Å². The highest BCUT2D eigenvalue weighted by molar-refractivity contribution is 6.42. The predicted octanol–water partition coefficient (Wildman–Crippen LogP) is 2.47. The average molecular weight is 342 g/mol. The number of hydrogen-bond acceptors (Lipinski definition) is 3. The number of amides is 2. The minimum Gasteiger partial charge on any atom is -0.350 e. The van der Waals surface area contributed by atoms with Gasteiger partial charge in [0.05, 0.1) is 0 Å². The largest absolute Gasteiger partial charge is 0.350 e. The van der Waals surface area contributed by atoms with Gasteiger partial charge < -0.3 is 4.98 Å². The number of nitrogens with one attached hydrogen (secondary N) is 3. The van der Waals surface area contributed by atoms with E-state index >= 15 is 0 Å². The summed E-state index contributed by atoms with van der Waals surface area (Å²) in [5, 5.41) is 1.31. The molecule has 0 aliphatic heterocycles. The highest BCUT2D eigenvalue weighted by Gasteiger charge is 2.17. The minimum absolute atomic E-state index is 0.236. The van der Waals surface area contributed by atoms with E-state index in [0.717, 1.165) is 10.9 Å². The van der Waals surface area contributed by atoms with E-state index in [4.69, 9.17) is 11.6 Å². The van der Waals surface area contributed by atoms with Crippen LogP contribution in [0.4, 0.5) is 0 Å². The van der Waals surface area contributed by atoms with Crippen molar-refractivity contribution >= 4 is 40.1 Å². The number of carbonyl (C=O) groups is 3. The Labute approximate surface area is 141 Å². The van der Waals surface area contributed by atoms with Gasteiger partial charge in [0.15, 0.2) is 0 Å². The number of fused-ring (bicyclic) bond motifs is 1. The maximum atomic E-state index is 12.1. The van der Waals surface area contributed by atoms with Crippen LogP contribution >= 0.6 is 11.6 Å². The number of ketones is 1. The Morgan fingerprint density at radius 2 is 1.67 bits per heavy atom. The quantitative estimate of drug-likeness (QED) is 0.388. The smallest absolute Gasteiger partial charge is 0.310 e. The molecule has 0 saturated heterocycles. The molecule has 0 bridgehead atoms. The number of halogens is 1. The fourth-order valence-corrected chi connectivity index (χ4v) is 2.36. The molecule has 0 aliphatic carbocycles. The molecule has 0 saturated carbocycles. The van der Waals surface area contributed by atoms with Crippen LogP contribution in [0.5, 0.6) is 0 Å². The Hall–Kier alpha value is -3.12. The molecule has 3 N–H and O–H groups in total. The number of carbonyl (C=O) groups excluding carboxylic acids is 3. The molecule has 0 radical (unpaired) electrons. The van der Waals surface area contributed by atoms with E-state index in [1.165, 1.54) is 12.1 Å². The number of Topliss-reactive ketones (excluding diaryl/α,β-unsaturated/α-hetero) is 1. The Morgan fingerprint density at radius 3 is 2.42 bits per heavy atom. The van der Waals surface area contributed by atoms with Crippen molar-refractivity contribution in [2.24, 2.45) is 0 Å². The maximum Gasteiger partial charge on any atom is 0.310 e. The summed E-state index contributed by atoms with van der Waals surface area (Å²) >= 11 is 5.89. The normalized spacial score (nSPS) is 10.4. The van der Waals surface area contributed by atoms with Gasteiger partial charge >= 0.3 is 5.91 Å². The van der Waals surface area contributed by atoms with Crippen LogP contribution in [-0.4, -0.2) is 22.6 Å². The van der Waals surface area contributed by atoms with Gasteiger partial charge in [0.1, 0.15) is 5.69 Å². The zero-order valence-corrected chi connectivity index (χ0v) is 13.1. The van der Waals surface area contributed by atoms with Gasteiger partial charge in [0.25, 0.3) is 11.7 Å². The van der Waals surface area contributed by atoms with Crippen LogP contribution in [0.25, 0.3) is 10.9 Å². The van der Waals surface area contributed by atoms with E-state index in [1.54, 1.807) is 42.5 Å². The van der Waals surface area contributed by atoms with E-state index in [1.807, 2.05) is 0 Å². The minimum atomic E-state index is -0.922. The van der Waals surface area contributed by atoms with Gasteiger partial charge in [-0.1, -0.05) is 41.9 Å². The van der Waals surface area contributed by atoms with Crippen LogP contribution in [0.2, 0.25) is 5.02 Å². The zero-order chi connectivity index (χ0) is 17.1. The van der Waals surface area contributed by atoms with Crippen LogP contribution in [0.3, 0.4) is 0 Å². The van der Waals surface area contributed by atoms with Gasteiger partial charge in [-0.2, -0.15) is 0 Å². The summed E-state index contributed by atoms with van der Waals surface area (Å²) < 4.78 is 0. The van der Waals surface area contributed by atoms with Crippen molar-refractivity contribution in [1.29, 1.82) is 0 Å². The molecule has 1 aromatic heterocycles. The molecule has 2 aromatic carbocycles. The number of H-pyrrole nitrogens is 1. The second-order valence-corrected chi connectivity index (χ2v) is 5.45. The third-order valence-electron chi connectivity index (χ3n) is 3.36. The molecular formula is C17H12ClN3O3. The van der Waals surface area contributed by atoms with Crippen molar-refractivity contribution in [3.05, 3.63) is 70.9 Å². The van der Waals surface area contributed by atoms with Crippen molar-refractivity contribution in [1.82, 2.24) is 15.8 Å². The van der Waals surface area contributed by atoms with Crippen LogP contribution in [0, 0.1) is 0 Å². The van der Waals surface area contributed by atoms with Crippen LogP contribution in [0.1, 0.15) is 20.8 Å². The standard InChI is InChI=1S/C17H12ClN3O3/c18-12-6-7-13-11(8-12)9-14(19-13)16(23)20-21-17(24)15(22)10-4-2-1-3-5-10/h1-9,19H,(H,20,23)(H,21,24). The highest BCUT2D eigenvalue weighted by Crippen LogP contribution is 2.19. The van der Waals surface area contributed by atoms with Crippen molar-refractivity contribution in [2.75, 3.05) is 0 Å². The van der Waals surface area contributed by atoms with Gasteiger partial charge in [-0.3, -0.25) is 25.2 Å².